The van der Waals surface area contributed by atoms with Crippen LogP contribution in [0.3, 0.4) is 0 Å². The van der Waals surface area contributed by atoms with E-state index >= 15 is 0 Å². The monoisotopic (exact) mass is 373 g/mol. The van der Waals surface area contributed by atoms with Gasteiger partial charge in [0.2, 0.25) is 0 Å². The number of aliphatic hydroxyl groups is 1. The fourth-order valence-corrected chi connectivity index (χ4v) is 5.72. The zero-order valence-electron chi connectivity index (χ0n) is 14.1. The summed E-state index contributed by atoms with van der Waals surface area (Å²) in [7, 11) is 0. The second-order valence-corrected chi connectivity index (χ2v) is 8.71. The van der Waals surface area contributed by atoms with Gasteiger partial charge in [-0.05, 0) is 41.2 Å². The van der Waals surface area contributed by atoms with Gasteiger partial charge in [0.1, 0.15) is 0 Å². The number of aliphatic hydroxyl groups excluding tert-OH is 1. The Labute approximate surface area is 157 Å². The Bertz CT molecular complexity index is 670. The smallest absolute Gasteiger partial charge is 0.254 e. The Kier molecular flexibility index (Phi) is 6.84. The molecule has 1 heterocycles. The van der Waals surface area contributed by atoms with Crippen molar-refractivity contribution in [1.29, 1.82) is 0 Å². The molecule has 2 aromatic carbocycles. The molecule has 0 unspecified atom stereocenters. The Morgan fingerprint density at radius 1 is 1.04 bits per heavy atom. The molecule has 0 aliphatic carbocycles. The van der Waals surface area contributed by atoms with E-state index < -0.39 is 0 Å². The van der Waals surface area contributed by atoms with Gasteiger partial charge in [-0.2, -0.15) is 0 Å². The van der Waals surface area contributed by atoms with E-state index in [2.05, 4.69) is 12.1 Å². The molecular formula is C20H23NO2S2. The van der Waals surface area contributed by atoms with Crippen LogP contribution in [0.25, 0.3) is 0 Å². The molecule has 5 heteroatoms. The van der Waals surface area contributed by atoms with E-state index in [-0.39, 0.29) is 12.5 Å². The third-order valence-corrected chi connectivity index (χ3v) is 7.15. The van der Waals surface area contributed by atoms with Crippen molar-refractivity contribution >= 4 is 29.4 Å². The van der Waals surface area contributed by atoms with E-state index in [9.17, 15) is 9.90 Å². The van der Waals surface area contributed by atoms with Crippen LogP contribution in [0.5, 0.6) is 0 Å². The van der Waals surface area contributed by atoms with Crippen LogP contribution in [0.1, 0.15) is 32.5 Å². The molecule has 0 saturated carbocycles. The van der Waals surface area contributed by atoms with Crippen LogP contribution >= 0.6 is 23.5 Å². The summed E-state index contributed by atoms with van der Waals surface area (Å²) < 4.78 is 0.482. The molecular weight excluding hydrogens is 350 g/mol. The highest BCUT2D eigenvalue weighted by Crippen LogP contribution is 2.43. The van der Waals surface area contributed by atoms with Crippen molar-refractivity contribution in [3.05, 3.63) is 71.3 Å². The third kappa shape index (κ3) is 5.03. The molecule has 0 radical (unpaired) electrons. The number of hydrogen-bond donors (Lipinski definition) is 1. The minimum Gasteiger partial charge on any atom is -0.395 e. The van der Waals surface area contributed by atoms with E-state index in [1.165, 1.54) is 23.5 Å². The molecule has 1 aliphatic rings. The van der Waals surface area contributed by atoms with Gasteiger partial charge in [-0.3, -0.25) is 4.79 Å². The van der Waals surface area contributed by atoms with Crippen LogP contribution < -0.4 is 0 Å². The maximum absolute atomic E-state index is 12.8. The lowest BCUT2D eigenvalue weighted by atomic mass is 10.1. The quantitative estimate of drug-likeness (QED) is 0.824. The van der Waals surface area contributed by atoms with Crippen LogP contribution in [-0.2, 0) is 6.54 Å². The van der Waals surface area contributed by atoms with Crippen molar-refractivity contribution in [2.75, 3.05) is 24.7 Å². The van der Waals surface area contributed by atoms with E-state index in [0.717, 1.165) is 5.56 Å². The van der Waals surface area contributed by atoms with Crippen LogP contribution in [0.15, 0.2) is 54.6 Å². The zero-order valence-corrected chi connectivity index (χ0v) is 15.8. The first-order chi connectivity index (χ1) is 12.3. The van der Waals surface area contributed by atoms with Gasteiger partial charge in [0.15, 0.2) is 0 Å². The molecule has 3 rings (SSSR count). The van der Waals surface area contributed by atoms with Crippen molar-refractivity contribution in [1.82, 2.24) is 4.90 Å². The summed E-state index contributed by atoms with van der Waals surface area (Å²) in [5.41, 5.74) is 3.03. The number of hydrogen-bond acceptors (Lipinski definition) is 4. The molecule has 1 N–H and O–H groups in total. The first-order valence-corrected chi connectivity index (χ1v) is 10.6. The first-order valence-electron chi connectivity index (χ1n) is 8.55. The Morgan fingerprint density at radius 3 is 2.36 bits per heavy atom. The normalized spacial score (nSPS) is 15.1. The first kappa shape index (κ1) is 18.4. The van der Waals surface area contributed by atoms with Gasteiger partial charge in [0, 0.05) is 18.7 Å². The molecule has 25 heavy (non-hydrogen) atoms. The summed E-state index contributed by atoms with van der Waals surface area (Å²) in [6.45, 7) is 0.812. The third-order valence-electron chi connectivity index (χ3n) is 4.13. The number of thioether (sulfide) groups is 2. The molecule has 1 amide bonds. The summed E-state index contributed by atoms with van der Waals surface area (Å²) >= 11 is 3.96. The predicted octanol–water partition coefficient (Wildman–Crippen LogP) is 4.19. The SMILES string of the molecule is O=C(c1ccc(C2SCCCS2)cc1)N(CCO)Cc1ccccc1. The lowest BCUT2D eigenvalue weighted by Gasteiger charge is -2.23. The summed E-state index contributed by atoms with van der Waals surface area (Å²) in [5.74, 6) is 2.38. The fourth-order valence-electron chi connectivity index (χ4n) is 2.82. The summed E-state index contributed by atoms with van der Waals surface area (Å²) in [4.78, 5) is 14.5. The molecule has 132 valence electrons. The second kappa shape index (κ2) is 9.32. The van der Waals surface area contributed by atoms with Gasteiger partial charge in [-0.25, -0.2) is 0 Å². The van der Waals surface area contributed by atoms with Crippen LogP contribution in [0, 0.1) is 0 Å². The van der Waals surface area contributed by atoms with Crippen molar-refractivity contribution in [3.63, 3.8) is 0 Å². The van der Waals surface area contributed by atoms with Gasteiger partial charge < -0.3 is 10.0 Å². The Hall–Kier alpha value is -1.43. The second-order valence-electron chi connectivity index (χ2n) is 5.98. The Balaban J connectivity index is 1.70. The van der Waals surface area contributed by atoms with Crippen molar-refractivity contribution in [3.8, 4) is 0 Å². The Morgan fingerprint density at radius 2 is 1.72 bits per heavy atom. The van der Waals surface area contributed by atoms with Crippen molar-refractivity contribution in [2.24, 2.45) is 0 Å². The highest BCUT2D eigenvalue weighted by atomic mass is 32.2. The van der Waals surface area contributed by atoms with Gasteiger partial charge in [0.05, 0.1) is 11.2 Å². The zero-order chi connectivity index (χ0) is 17.5. The molecule has 0 atom stereocenters. The van der Waals surface area contributed by atoms with E-state index in [4.69, 9.17) is 0 Å². The number of nitrogens with zero attached hydrogens (tertiary/aromatic N) is 1. The van der Waals surface area contributed by atoms with E-state index in [1.807, 2.05) is 66.0 Å². The summed E-state index contributed by atoms with van der Waals surface area (Å²) in [6.07, 6.45) is 1.28. The minimum absolute atomic E-state index is 0.0339. The summed E-state index contributed by atoms with van der Waals surface area (Å²) in [6, 6.07) is 17.9. The number of benzene rings is 2. The molecule has 0 aromatic heterocycles. The molecule has 0 spiro atoms. The molecule has 3 nitrogen and oxygen atoms in total. The van der Waals surface area contributed by atoms with Gasteiger partial charge in [-0.1, -0.05) is 42.5 Å². The molecule has 1 saturated heterocycles. The van der Waals surface area contributed by atoms with Crippen molar-refractivity contribution in [2.45, 2.75) is 17.5 Å². The number of carbonyl (C=O) groups is 1. The van der Waals surface area contributed by atoms with E-state index in [1.54, 1.807) is 4.90 Å². The molecule has 1 aliphatic heterocycles. The largest absolute Gasteiger partial charge is 0.395 e. The maximum atomic E-state index is 12.8. The van der Waals surface area contributed by atoms with Crippen LogP contribution in [0.4, 0.5) is 0 Å². The van der Waals surface area contributed by atoms with Crippen LogP contribution in [0.2, 0.25) is 0 Å². The summed E-state index contributed by atoms with van der Waals surface area (Å²) in [5, 5.41) is 9.33. The standard InChI is InChI=1S/C20H23NO2S2/c22-12-11-21(15-16-5-2-1-3-6-16)19(23)17-7-9-18(10-8-17)20-24-13-4-14-25-20/h1-3,5-10,20,22H,4,11-15H2. The molecule has 2 aromatic rings. The highest BCUT2D eigenvalue weighted by Gasteiger charge is 2.19. The number of carbonyl (C=O) groups excluding carboxylic acids is 1. The lowest BCUT2D eigenvalue weighted by Crippen LogP contribution is -2.33. The van der Waals surface area contributed by atoms with E-state index in [0.29, 0.717) is 23.2 Å². The number of rotatable bonds is 6. The highest BCUT2D eigenvalue weighted by molar-refractivity contribution is 8.16. The average molecular weight is 374 g/mol. The lowest BCUT2D eigenvalue weighted by molar-refractivity contribution is 0.0708. The molecule has 0 bridgehead atoms. The van der Waals surface area contributed by atoms with Gasteiger partial charge >= 0.3 is 0 Å². The van der Waals surface area contributed by atoms with Crippen LogP contribution in [-0.4, -0.2) is 40.6 Å². The fraction of sp³-hybridized carbons (Fsp3) is 0.350. The van der Waals surface area contributed by atoms with Gasteiger partial charge in [-0.15, -0.1) is 23.5 Å². The van der Waals surface area contributed by atoms with Gasteiger partial charge in [0.25, 0.3) is 5.91 Å². The maximum Gasteiger partial charge on any atom is 0.254 e. The average Bonchev–Trinajstić information content (AvgIpc) is 2.69. The molecule has 1 fully saturated rings. The number of amides is 1. The predicted molar refractivity (Wildman–Crippen MR) is 107 cm³/mol. The minimum atomic E-state index is -0.0357. The topological polar surface area (TPSA) is 40.5 Å². The van der Waals surface area contributed by atoms with Crippen molar-refractivity contribution < 1.29 is 9.90 Å².